The predicted molar refractivity (Wildman–Crippen MR) is 63.7 cm³/mol. The largest absolute Gasteiger partial charge is 0.480 e. The van der Waals surface area contributed by atoms with Crippen LogP contribution in [0.5, 0.6) is 0 Å². The summed E-state index contributed by atoms with van der Waals surface area (Å²) in [6.45, 7) is 0.384. The van der Waals surface area contributed by atoms with E-state index in [2.05, 4.69) is 4.99 Å². The van der Waals surface area contributed by atoms with E-state index in [1.165, 1.54) is 4.90 Å². The van der Waals surface area contributed by atoms with Crippen LogP contribution < -0.4 is 11.5 Å². The summed E-state index contributed by atoms with van der Waals surface area (Å²) in [5, 5.41) is 18.4. The molecule has 0 aromatic carbocycles. The summed E-state index contributed by atoms with van der Waals surface area (Å²) in [4.78, 5) is 27.6. The number of nitrogens with zero attached hydrogens (tertiary/aromatic N) is 2. The van der Waals surface area contributed by atoms with Crippen molar-refractivity contribution in [1.82, 2.24) is 4.90 Å². The first kappa shape index (κ1) is 14.2. The molecular weight excluding hydrogens is 240 g/mol. The number of hydrogen-bond acceptors (Lipinski definition) is 4. The zero-order chi connectivity index (χ0) is 13.7. The summed E-state index contributed by atoms with van der Waals surface area (Å²) >= 11 is 0. The average Bonchev–Trinajstić information content (AvgIpc) is 2.56. The lowest BCUT2D eigenvalue weighted by molar-refractivity contribution is -0.148. The van der Waals surface area contributed by atoms with E-state index < -0.39 is 18.1 Å². The first-order chi connectivity index (χ1) is 8.41. The van der Waals surface area contributed by atoms with Crippen molar-refractivity contribution in [3.8, 4) is 0 Å². The van der Waals surface area contributed by atoms with Crippen LogP contribution in [-0.4, -0.2) is 58.2 Å². The number of β-amino-alcohol motifs (C(OH)–C–C–N with tert-alkyl or cyclic N) is 1. The number of carboxylic acid groups (broad SMARTS) is 1. The average molecular weight is 258 g/mol. The topological polar surface area (TPSA) is 142 Å². The number of rotatable bonds is 6. The van der Waals surface area contributed by atoms with Crippen LogP contribution in [0.3, 0.4) is 0 Å². The normalized spacial score (nSPS) is 20.8. The summed E-state index contributed by atoms with van der Waals surface area (Å²) in [6, 6.07) is -0.927. The summed E-state index contributed by atoms with van der Waals surface area (Å²) in [6.07, 6.45) is -0.0890. The number of aliphatic carboxylic acids is 1. The molecule has 1 heterocycles. The van der Waals surface area contributed by atoms with Gasteiger partial charge in [0.1, 0.15) is 6.04 Å². The molecular formula is C10H18N4O4. The van der Waals surface area contributed by atoms with Gasteiger partial charge in [-0.25, -0.2) is 4.79 Å². The van der Waals surface area contributed by atoms with Crippen LogP contribution in [0.4, 0.5) is 0 Å². The van der Waals surface area contributed by atoms with Gasteiger partial charge >= 0.3 is 5.97 Å². The number of carboxylic acids is 1. The Kier molecular flexibility index (Phi) is 4.90. The van der Waals surface area contributed by atoms with E-state index in [0.29, 0.717) is 13.0 Å². The Morgan fingerprint density at radius 3 is 2.67 bits per heavy atom. The number of guanidine groups is 1. The van der Waals surface area contributed by atoms with Gasteiger partial charge < -0.3 is 26.6 Å². The Bertz CT molecular complexity index is 354. The number of carbonyl (C=O) groups is 2. The molecule has 0 aliphatic carbocycles. The molecule has 102 valence electrons. The van der Waals surface area contributed by atoms with E-state index in [1.54, 1.807) is 0 Å². The molecule has 8 heteroatoms. The number of amides is 1. The molecule has 0 aromatic rings. The number of carbonyl (C=O) groups excluding carboxylic acids is 1. The zero-order valence-corrected chi connectivity index (χ0v) is 9.95. The fourth-order valence-corrected chi connectivity index (χ4v) is 1.92. The van der Waals surface area contributed by atoms with Crippen LogP contribution in [0.1, 0.15) is 19.3 Å². The number of aliphatic hydroxyl groups excluding tert-OH is 1. The number of hydrogen-bond donors (Lipinski definition) is 4. The second-order valence-corrected chi connectivity index (χ2v) is 4.21. The molecule has 1 fully saturated rings. The zero-order valence-electron chi connectivity index (χ0n) is 9.95. The molecule has 1 amide bonds. The maximum absolute atomic E-state index is 11.5. The van der Waals surface area contributed by atoms with Gasteiger partial charge in [-0.2, -0.15) is 0 Å². The van der Waals surface area contributed by atoms with Crippen LogP contribution in [0.25, 0.3) is 0 Å². The first-order valence-corrected chi connectivity index (χ1v) is 5.67. The summed E-state index contributed by atoms with van der Waals surface area (Å²) < 4.78 is 0. The Morgan fingerprint density at radius 1 is 1.56 bits per heavy atom. The minimum atomic E-state index is -1.08. The maximum Gasteiger partial charge on any atom is 0.326 e. The minimum Gasteiger partial charge on any atom is -0.480 e. The molecule has 18 heavy (non-hydrogen) atoms. The molecule has 0 spiro atoms. The highest BCUT2D eigenvalue weighted by Crippen LogP contribution is 2.17. The van der Waals surface area contributed by atoms with Crippen LogP contribution >= 0.6 is 0 Å². The van der Waals surface area contributed by atoms with Gasteiger partial charge in [-0.05, 0) is 12.8 Å². The van der Waals surface area contributed by atoms with E-state index in [0.717, 1.165) is 0 Å². The highest BCUT2D eigenvalue weighted by Gasteiger charge is 2.36. The second kappa shape index (κ2) is 6.20. The third-order valence-electron chi connectivity index (χ3n) is 2.73. The van der Waals surface area contributed by atoms with Gasteiger partial charge in [-0.15, -0.1) is 0 Å². The summed E-state index contributed by atoms with van der Waals surface area (Å²) in [5.74, 6) is -1.46. The van der Waals surface area contributed by atoms with Crippen LogP contribution in [-0.2, 0) is 9.59 Å². The highest BCUT2D eigenvalue weighted by atomic mass is 16.4. The molecule has 0 radical (unpaired) electrons. The number of aliphatic hydroxyl groups is 1. The minimum absolute atomic E-state index is 0.0162. The lowest BCUT2D eigenvalue weighted by Crippen LogP contribution is -2.42. The lowest BCUT2D eigenvalue weighted by atomic mass is 10.1. The highest BCUT2D eigenvalue weighted by molar-refractivity contribution is 5.85. The molecule has 1 aliphatic rings. The van der Waals surface area contributed by atoms with Gasteiger partial charge in [-0.1, -0.05) is 0 Å². The van der Waals surface area contributed by atoms with Gasteiger partial charge in [0, 0.05) is 13.1 Å². The first-order valence-electron chi connectivity index (χ1n) is 5.67. The van der Waals surface area contributed by atoms with Crippen molar-refractivity contribution in [2.45, 2.75) is 31.4 Å². The molecule has 0 aromatic heterocycles. The van der Waals surface area contributed by atoms with E-state index >= 15 is 0 Å². The lowest BCUT2D eigenvalue weighted by Gasteiger charge is -2.23. The SMILES string of the molecule is NC(N)=NCCCC(C(=O)O)N1CC(O)CC1=O. The summed E-state index contributed by atoms with van der Waals surface area (Å²) in [7, 11) is 0. The van der Waals surface area contributed by atoms with Gasteiger partial charge in [0.25, 0.3) is 0 Å². The Hall–Kier alpha value is -1.83. The smallest absolute Gasteiger partial charge is 0.326 e. The second-order valence-electron chi connectivity index (χ2n) is 4.21. The van der Waals surface area contributed by atoms with Crippen molar-refractivity contribution >= 4 is 17.8 Å². The Balaban J connectivity index is 2.53. The number of likely N-dealkylation sites (tertiary alicyclic amines) is 1. The molecule has 8 nitrogen and oxygen atoms in total. The fourth-order valence-electron chi connectivity index (χ4n) is 1.92. The molecule has 0 bridgehead atoms. The van der Waals surface area contributed by atoms with Crippen molar-refractivity contribution in [3.63, 3.8) is 0 Å². The van der Waals surface area contributed by atoms with E-state index in [-0.39, 0.29) is 31.3 Å². The number of aliphatic imine (C=N–C) groups is 1. The van der Waals surface area contributed by atoms with E-state index in [4.69, 9.17) is 16.6 Å². The molecule has 1 saturated heterocycles. The van der Waals surface area contributed by atoms with Crippen molar-refractivity contribution < 1.29 is 19.8 Å². The third-order valence-corrected chi connectivity index (χ3v) is 2.73. The van der Waals surface area contributed by atoms with E-state index in [1.807, 2.05) is 0 Å². The van der Waals surface area contributed by atoms with Gasteiger partial charge in [0.2, 0.25) is 5.91 Å². The predicted octanol–water partition coefficient (Wildman–Crippen LogP) is -1.91. The molecule has 6 N–H and O–H groups in total. The molecule has 0 saturated carbocycles. The molecule has 2 unspecified atom stereocenters. The fraction of sp³-hybridized carbons (Fsp3) is 0.700. The van der Waals surface area contributed by atoms with Gasteiger partial charge in [0.05, 0.1) is 12.5 Å². The van der Waals surface area contributed by atoms with Crippen molar-refractivity contribution in [1.29, 1.82) is 0 Å². The monoisotopic (exact) mass is 258 g/mol. The summed E-state index contributed by atoms with van der Waals surface area (Å²) in [5.41, 5.74) is 10.3. The molecule has 1 aliphatic heterocycles. The molecule has 2 atom stereocenters. The van der Waals surface area contributed by atoms with Crippen LogP contribution in [0.15, 0.2) is 4.99 Å². The van der Waals surface area contributed by atoms with Crippen LogP contribution in [0.2, 0.25) is 0 Å². The maximum atomic E-state index is 11.5. The third kappa shape index (κ3) is 3.88. The van der Waals surface area contributed by atoms with Crippen molar-refractivity contribution in [3.05, 3.63) is 0 Å². The van der Waals surface area contributed by atoms with Gasteiger partial charge in [0.15, 0.2) is 5.96 Å². The standard InChI is InChI=1S/C10H18N4O4/c11-10(12)13-3-1-2-7(9(17)18)14-5-6(15)4-8(14)16/h6-7,15H,1-5H2,(H,17,18)(H4,11,12,13). The molecule has 1 rings (SSSR count). The number of nitrogens with two attached hydrogens (primary N) is 2. The quantitative estimate of drug-likeness (QED) is 0.249. The Morgan fingerprint density at radius 2 is 2.22 bits per heavy atom. The van der Waals surface area contributed by atoms with E-state index in [9.17, 15) is 14.7 Å². The van der Waals surface area contributed by atoms with Crippen molar-refractivity contribution in [2.24, 2.45) is 16.5 Å². The van der Waals surface area contributed by atoms with Gasteiger partial charge in [-0.3, -0.25) is 9.79 Å². The van der Waals surface area contributed by atoms with Crippen molar-refractivity contribution in [2.75, 3.05) is 13.1 Å². The Labute approximate surface area is 104 Å². The van der Waals surface area contributed by atoms with Crippen LogP contribution in [0, 0.1) is 0 Å².